The van der Waals surface area contributed by atoms with Crippen LogP contribution in [-0.4, -0.2) is 25.0 Å². The number of benzene rings is 1. The van der Waals surface area contributed by atoms with Crippen LogP contribution in [0.5, 0.6) is 5.75 Å². The van der Waals surface area contributed by atoms with Crippen LogP contribution in [-0.2, 0) is 4.79 Å². The molecule has 1 N–H and O–H groups in total. The minimum atomic E-state index is -0.0231. The van der Waals surface area contributed by atoms with Gasteiger partial charge in [0.05, 0.1) is 12.8 Å². The predicted octanol–water partition coefficient (Wildman–Crippen LogP) is 3.33. The van der Waals surface area contributed by atoms with Crippen molar-refractivity contribution in [1.82, 2.24) is 5.43 Å². The van der Waals surface area contributed by atoms with E-state index in [1.54, 1.807) is 18.9 Å². The molecule has 1 heterocycles. The molecule has 0 saturated heterocycles. The smallest absolute Gasteiger partial charge is 0.240 e. The van der Waals surface area contributed by atoms with Gasteiger partial charge in [-0.3, -0.25) is 4.79 Å². The molecule has 0 radical (unpaired) electrons. The Kier molecular flexibility index (Phi) is 5.07. The van der Waals surface area contributed by atoms with Gasteiger partial charge < -0.3 is 4.74 Å². The molecule has 0 fully saturated rings. The number of hydrazone groups is 1. The Bertz CT molecular complexity index is 608. The first-order chi connectivity index (χ1) is 10.0. The van der Waals surface area contributed by atoms with Crippen LogP contribution in [0.3, 0.4) is 0 Å². The van der Waals surface area contributed by atoms with Gasteiger partial charge >= 0.3 is 0 Å². The lowest BCUT2D eigenvalue weighted by molar-refractivity contribution is -0.121. The van der Waals surface area contributed by atoms with Crippen LogP contribution in [0.25, 0.3) is 6.08 Å². The Balaban J connectivity index is 2.28. The maximum Gasteiger partial charge on any atom is 0.240 e. The monoisotopic (exact) mass is 304 g/mol. The molecule has 1 aromatic rings. The molecule has 1 amide bonds. The minimum Gasteiger partial charge on any atom is -0.496 e. The Hall–Kier alpha value is -1.75. The van der Waals surface area contributed by atoms with Gasteiger partial charge in [0.25, 0.3) is 0 Å². The highest BCUT2D eigenvalue weighted by Crippen LogP contribution is 2.29. The lowest BCUT2D eigenvalue weighted by Gasteiger charge is -2.19. The summed E-state index contributed by atoms with van der Waals surface area (Å²) in [7, 11) is 1.68. The molecule has 112 valence electrons. The van der Waals surface area contributed by atoms with Gasteiger partial charge in [-0.1, -0.05) is 19.1 Å². The van der Waals surface area contributed by atoms with Crippen LogP contribution in [0.15, 0.2) is 33.8 Å². The van der Waals surface area contributed by atoms with E-state index >= 15 is 0 Å². The normalized spacial score (nSPS) is 19.0. The largest absolute Gasteiger partial charge is 0.496 e. The number of rotatable bonds is 4. The molecule has 1 atom stereocenters. The van der Waals surface area contributed by atoms with Crippen LogP contribution in [0.2, 0.25) is 0 Å². The van der Waals surface area contributed by atoms with Crippen molar-refractivity contribution < 1.29 is 9.53 Å². The quantitative estimate of drug-likeness (QED) is 0.868. The summed E-state index contributed by atoms with van der Waals surface area (Å²) < 4.78 is 5.40. The molecule has 0 aromatic heterocycles. The molecule has 21 heavy (non-hydrogen) atoms. The van der Waals surface area contributed by atoms with E-state index in [0.717, 1.165) is 27.5 Å². The molecule has 0 saturated carbocycles. The Morgan fingerprint density at radius 3 is 2.90 bits per heavy atom. The molecule has 5 heteroatoms. The van der Waals surface area contributed by atoms with Crippen molar-refractivity contribution in [3.63, 3.8) is 0 Å². The van der Waals surface area contributed by atoms with Gasteiger partial charge in [-0.2, -0.15) is 5.10 Å². The van der Waals surface area contributed by atoms with Gasteiger partial charge in [-0.05, 0) is 36.4 Å². The van der Waals surface area contributed by atoms with Gasteiger partial charge in [-0.15, -0.1) is 11.8 Å². The lowest BCUT2D eigenvalue weighted by Crippen LogP contribution is -2.31. The van der Waals surface area contributed by atoms with Gasteiger partial charge in [-0.25, -0.2) is 5.43 Å². The predicted molar refractivity (Wildman–Crippen MR) is 87.8 cm³/mol. The second-order valence-corrected chi connectivity index (χ2v) is 5.93. The number of nitrogens with zero attached hydrogens (tertiary/aromatic N) is 1. The zero-order valence-electron chi connectivity index (χ0n) is 12.8. The van der Waals surface area contributed by atoms with Crippen LogP contribution in [0, 0.1) is 5.92 Å². The number of carbonyl (C=O) groups excluding carboxylic acids is 1. The number of ether oxygens (including phenoxy) is 1. The third-order valence-corrected chi connectivity index (χ3v) is 4.23. The van der Waals surface area contributed by atoms with E-state index in [0.29, 0.717) is 6.42 Å². The molecular formula is C16H20N2O2S. The summed E-state index contributed by atoms with van der Waals surface area (Å²) in [6, 6.07) is 6.13. The highest BCUT2D eigenvalue weighted by molar-refractivity contribution is 7.98. The molecule has 0 spiro atoms. The van der Waals surface area contributed by atoms with Crippen molar-refractivity contribution in [2.45, 2.75) is 25.2 Å². The SMILES string of the molecule is COc1cc(C=C(C)C2=NNC(=O)CC2C)ccc1SC. The summed E-state index contributed by atoms with van der Waals surface area (Å²) in [4.78, 5) is 12.4. The highest BCUT2D eigenvalue weighted by atomic mass is 32.2. The molecule has 1 aromatic carbocycles. The first-order valence-electron chi connectivity index (χ1n) is 6.82. The molecule has 0 bridgehead atoms. The maximum atomic E-state index is 11.3. The van der Waals surface area contributed by atoms with Gasteiger partial charge in [0.1, 0.15) is 5.75 Å². The third kappa shape index (κ3) is 3.67. The van der Waals surface area contributed by atoms with Gasteiger partial charge in [0, 0.05) is 17.2 Å². The molecule has 1 aliphatic heterocycles. The average Bonchev–Trinajstić information content (AvgIpc) is 2.46. The van der Waals surface area contributed by atoms with Crippen LogP contribution < -0.4 is 10.2 Å². The number of carbonyl (C=O) groups is 1. The lowest BCUT2D eigenvalue weighted by atomic mass is 9.93. The number of allylic oxidation sites excluding steroid dienone is 1. The van der Waals surface area contributed by atoms with Crippen molar-refractivity contribution in [3.8, 4) is 5.75 Å². The number of nitrogens with one attached hydrogen (secondary N) is 1. The molecule has 1 aliphatic rings. The summed E-state index contributed by atoms with van der Waals surface area (Å²) in [5.74, 6) is 0.989. The number of hydrogen-bond acceptors (Lipinski definition) is 4. The minimum absolute atomic E-state index is 0.0231. The van der Waals surface area contributed by atoms with Gasteiger partial charge in [0.2, 0.25) is 5.91 Å². The summed E-state index contributed by atoms with van der Waals surface area (Å²) in [6.45, 7) is 4.04. The number of amides is 1. The average molecular weight is 304 g/mol. The molecule has 4 nitrogen and oxygen atoms in total. The summed E-state index contributed by atoms with van der Waals surface area (Å²) >= 11 is 1.66. The van der Waals surface area contributed by atoms with E-state index in [4.69, 9.17) is 4.74 Å². The van der Waals surface area contributed by atoms with Crippen LogP contribution in [0.4, 0.5) is 0 Å². The van der Waals surface area contributed by atoms with Crippen molar-refractivity contribution in [2.24, 2.45) is 11.0 Å². The zero-order chi connectivity index (χ0) is 15.4. The fourth-order valence-corrected chi connectivity index (χ4v) is 2.94. The highest BCUT2D eigenvalue weighted by Gasteiger charge is 2.21. The second-order valence-electron chi connectivity index (χ2n) is 5.08. The van der Waals surface area contributed by atoms with Gasteiger partial charge in [0.15, 0.2) is 0 Å². The summed E-state index contributed by atoms with van der Waals surface area (Å²) in [5, 5.41) is 4.18. The first kappa shape index (κ1) is 15.6. The Morgan fingerprint density at radius 1 is 1.52 bits per heavy atom. The number of methoxy groups -OCH3 is 1. The van der Waals surface area contributed by atoms with Crippen molar-refractivity contribution in [2.75, 3.05) is 13.4 Å². The molecule has 1 unspecified atom stereocenters. The van der Waals surface area contributed by atoms with E-state index in [1.165, 1.54) is 0 Å². The van der Waals surface area contributed by atoms with Crippen LogP contribution >= 0.6 is 11.8 Å². The molecule has 2 rings (SSSR count). The van der Waals surface area contributed by atoms with E-state index in [1.807, 2.05) is 26.2 Å². The topological polar surface area (TPSA) is 50.7 Å². The third-order valence-electron chi connectivity index (χ3n) is 3.45. The van der Waals surface area contributed by atoms with E-state index < -0.39 is 0 Å². The maximum absolute atomic E-state index is 11.3. The fraction of sp³-hybridized carbons (Fsp3) is 0.375. The molecular weight excluding hydrogens is 284 g/mol. The van der Waals surface area contributed by atoms with E-state index in [2.05, 4.69) is 28.7 Å². The van der Waals surface area contributed by atoms with Crippen LogP contribution in [0.1, 0.15) is 25.8 Å². The van der Waals surface area contributed by atoms with E-state index in [9.17, 15) is 4.79 Å². The standard InChI is InChI=1S/C16H20N2O2S/c1-10(16-11(2)8-15(19)17-18-16)7-12-5-6-14(21-4)13(9-12)20-3/h5-7,9,11H,8H2,1-4H3,(H,17,19). The summed E-state index contributed by atoms with van der Waals surface area (Å²) in [6.07, 6.45) is 4.58. The fourth-order valence-electron chi connectivity index (χ4n) is 2.40. The zero-order valence-corrected chi connectivity index (χ0v) is 13.6. The van der Waals surface area contributed by atoms with Crippen molar-refractivity contribution >= 4 is 29.5 Å². The summed E-state index contributed by atoms with van der Waals surface area (Å²) in [5.41, 5.74) is 5.60. The molecule has 0 aliphatic carbocycles. The number of hydrogen-bond donors (Lipinski definition) is 1. The Labute approximate surface area is 129 Å². The van der Waals surface area contributed by atoms with E-state index in [-0.39, 0.29) is 11.8 Å². The first-order valence-corrected chi connectivity index (χ1v) is 8.04. The number of thioether (sulfide) groups is 1. The second kappa shape index (κ2) is 6.80. The Morgan fingerprint density at radius 2 is 2.29 bits per heavy atom. The van der Waals surface area contributed by atoms with Crippen molar-refractivity contribution in [3.05, 3.63) is 29.3 Å². The van der Waals surface area contributed by atoms with Crippen molar-refractivity contribution in [1.29, 1.82) is 0 Å².